The van der Waals surface area contributed by atoms with Crippen molar-refractivity contribution in [1.29, 1.82) is 0 Å². The Hall–Kier alpha value is -1.58. The Bertz CT molecular complexity index is 377. The summed E-state index contributed by atoms with van der Waals surface area (Å²) in [6.45, 7) is 1.64. The Labute approximate surface area is 93.9 Å². The number of hydrogen-bond acceptors (Lipinski definition) is 2. The molecule has 4 heteroatoms. The fourth-order valence-corrected chi connectivity index (χ4v) is 1.37. The van der Waals surface area contributed by atoms with Gasteiger partial charge in [0.05, 0.1) is 13.0 Å². The van der Waals surface area contributed by atoms with E-state index in [1.54, 1.807) is 19.1 Å². The number of carbonyl (C=O) groups is 1. The second kappa shape index (κ2) is 5.49. The molecule has 1 rings (SSSR count). The van der Waals surface area contributed by atoms with Crippen molar-refractivity contribution in [2.45, 2.75) is 19.8 Å². The van der Waals surface area contributed by atoms with Gasteiger partial charge in [-0.05, 0) is 30.5 Å². The molecule has 1 N–H and O–H groups in total. The van der Waals surface area contributed by atoms with Gasteiger partial charge in [-0.3, -0.25) is 4.79 Å². The SMILES string of the molecule is COc1ccc(CCC(C)C(=O)O)cc1F. The van der Waals surface area contributed by atoms with Crippen LogP contribution in [0.3, 0.4) is 0 Å². The van der Waals surface area contributed by atoms with Crippen LogP contribution in [-0.2, 0) is 11.2 Å². The molecule has 0 spiro atoms. The molecule has 1 atom stereocenters. The monoisotopic (exact) mass is 226 g/mol. The van der Waals surface area contributed by atoms with E-state index in [1.165, 1.54) is 13.2 Å². The lowest BCUT2D eigenvalue weighted by Gasteiger charge is -2.07. The number of carboxylic acid groups (broad SMARTS) is 1. The van der Waals surface area contributed by atoms with Gasteiger partial charge < -0.3 is 9.84 Å². The minimum atomic E-state index is -0.825. The number of halogens is 1. The summed E-state index contributed by atoms with van der Waals surface area (Å²) in [5, 5.41) is 8.70. The minimum Gasteiger partial charge on any atom is -0.494 e. The molecular weight excluding hydrogens is 211 g/mol. The van der Waals surface area contributed by atoms with E-state index in [0.29, 0.717) is 12.8 Å². The van der Waals surface area contributed by atoms with Gasteiger partial charge in [-0.2, -0.15) is 0 Å². The first-order valence-electron chi connectivity index (χ1n) is 5.09. The lowest BCUT2D eigenvalue weighted by Crippen LogP contribution is -2.10. The van der Waals surface area contributed by atoms with Gasteiger partial charge in [0.25, 0.3) is 0 Å². The van der Waals surface area contributed by atoms with Crippen LogP contribution in [0.2, 0.25) is 0 Å². The Morgan fingerprint density at radius 3 is 2.75 bits per heavy atom. The maximum absolute atomic E-state index is 13.3. The van der Waals surface area contributed by atoms with E-state index in [1.807, 2.05) is 0 Å². The van der Waals surface area contributed by atoms with Crippen LogP contribution in [0.15, 0.2) is 18.2 Å². The molecule has 0 saturated carbocycles. The molecule has 1 unspecified atom stereocenters. The molecule has 16 heavy (non-hydrogen) atoms. The third-order valence-corrected chi connectivity index (χ3v) is 2.50. The molecule has 0 heterocycles. The highest BCUT2D eigenvalue weighted by atomic mass is 19.1. The Kier molecular flexibility index (Phi) is 4.28. The van der Waals surface area contributed by atoms with Gasteiger partial charge in [0, 0.05) is 0 Å². The average Bonchev–Trinajstić information content (AvgIpc) is 2.25. The number of hydrogen-bond donors (Lipinski definition) is 1. The lowest BCUT2D eigenvalue weighted by atomic mass is 10.0. The fraction of sp³-hybridized carbons (Fsp3) is 0.417. The zero-order valence-electron chi connectivity index (χ0n) is 9.37. The molecule has 1 aromatic rings. The number of aliphatic carboxylic acids is 1. The van der Waals surface area contributed by atoms with Gasteiger partial charge in [0.2, 0.25) is 0 Å². The van der Waals surface area contributed by atoms with Crippen molar-refractivity contribution >= 4 is 5.97 Å². The minimum absolute atomic E-state index is 0.204. The molecule has 0 bridgehead atoms. The summed E-state index contributed by atoms with van der Waals surface area (Å²) in [6, 6.07) is 4.68. The number of carboxylic acids is 1. The second-order valence-electron chi connectivity index (χ2n) is 3.75. The first kappa shape index (κ1) is 12.5. The molecule has 0 radical (unpaired) electrons. The van der Waals surface area contributed by atoms with E-state index >= 15 is 0 Å². The molecule has 0 amide bonds. The van der Waals surface area contributed by atoms with Gasteiger partial charge in [0.15, 0.2) is 11.6 Å². The van der Waals surface area contributed by atoms with E-state index < -0.39 is 17.7 Å². The van der Waals surface area contributed by atoms with Crippen LogP contribution in [0, 0.1) is 11.7 Å². The van der Waals surface area contributed by atoms with Crippen molar-refractivity contribution in [3.05, 3.63) is 29.6 Å². The van der Waals surface area contributed by atoms with E-state index in [-0.39, 0.29) is 5.75 Å². The molecule has 0 saturated heterocycles. The van der Waals surface area contributed by atoms with Gasteiger partial charge in [0.1, 0.15) is 0 Å². The van der Waals surface area contributed by atoms with Crippen molar-refractivity contribution < 1.29 is 19.0 Å². The number of benzene rings is 1. The van der Waals surface area contributed by atoms with E-state index in [4.69, 9.17) is 9.84 Å². The highest BCUT2D eigenvalue weighted by Crippen LogP contribution is 2.19. The summed E-state index contributed by atoms with van der Waals surface area (Å²) in [4.78, 5) is 10.6. The van der Waals surface area contributed by atoms with Crippen LogP contribution < -0.4 is 4.74 Å². The van der Waals surface area contributed by atoms with Crippen molar-refractivity contribution in [1.82, 2.24) is 0 Å². The molecule has 0 aliphatic heterocycles. The zero-order valence-corrected chi connectivity index (χ0v) is 9.37. The predicted octanol–water partition coefficient (Wildman–Crippen LogP) is 2.49. The Morgan fingerprint density at radius 2 is 2.25 bits per heavy atom. The quantitative estimate of drug-likeness (QED) is 0.839. The van der Waals surface area contributed by atoms with E-state index in [9.17, 15) is 9.18 Å². The number of rotatable bonds is 5. The van der Waals surface area contributed by atoms with Crippen LogP contribution in [0.1, 0.15) is 18.9 Å². The lowest BCUT2D eigenvalue weighted by molar-refractivity contribution is -0.141. The van der Waals surface area contributed by atoms with Crippen molar-refractivity contribution in [3.63, 3.8) is 0 Å². The normalized spacial score (nSPS) is 12.2. The first-order valence-corrected chi connectivity index (χ1v) is 5.09. The van der Waals surface area contributed by atoms with Crippen LogP contribution in [0.25, 0.3) is 0 Å². The smallest absolute Gasteiger partial charge is 0.306 e. The summed E-state index contributed by atoms with van der Waals surface area (Å²) in [5.41, 5.74) is 0.784. The average molecular weight is 226 g/mol. The van der Waals surface area contributed by atoms with Crippen LogP contribution in [0.5, 0.6) is 5.75 Å². The Morgan fingerprint density at radius 1 is 1.56 bits per heavy atom. The van der Waals surface area contributed by atoms with E-state index in [2.05, 4.69) is 0 Å². The van der Waals surface area contributed by atoms with Crippen LogP contribution in [0.4, 0.5) is 4.39 Å². The molecule has 3 nitrogen and oxygen atoms in total. The molecule has 0 aliphatic carbocycles. The molecule has 88 valence electrons. The highest BCUT2D eigenvalue weighted by Gasteiger charge is 2.11. The van der Waals surface area contributed by atoms with Crippen LogP contribution >= 0.6 is 0 Å². The molecule has 0 fully saturated rings. The van der Waals surface area contributed by atoms with Gasteiger partial charge in [-0.25, -0.2) is 4.39 Å². The zero-order chi connectivity index (χ0) is 12.1. The van der Waals surface area contributed by atoms with Gasteiger partial charge >= 0.3 is 5.97 Å². The summed E-state index contributed by atoms with van der Waals surface area (Å²) < 4.78 is 18.1. The van der Waals surface area contributed by atoms with Crippen molar-refractivity contribution in [3.8, 4) is 5.75 Å². The molecule has 1 aromatic carbocycles. The largest absolute Gasteiger partial charge is 0.494 e. The topological polar surface area (TPSA) is 46.5 Å². The maximum Gasteiger partial charge on any atom is 0.306 e. The predicted molar refractivity (Wildman–Crippen MR) is 58.1 cm³/mol. The third-order valence-electron chi connectivity index (χ3n) is 2.50. The molecule has 0 aromatic heterocycles. The summed E-state index contributed by atoms with van der Waals surface area (Å²) in [5.74, 6) is -1.45. The first-order chi connectivity index (χ1) is 7.54. The van der Waals surface area contributed by atoms with Crippen molar-refractivity contribution in [2.24, 2.45) is 5.92 Å². The maximum atomic E-state index is 13.3. The molecular formula is C12H15FO3. The fourth-order valence-electron chi connectivity index (χ4n) is 1.37. The standard InChI is InChI=1S/C12H15FO3/c1-8(12(14)15)3-4-9-5-6-11(16-2)10(13)7-9/h5-8H,3-4H2,1-2H3,(H,14,15). The Balaban J connectivity index is 2.62. The second-order valence-corrected chi connectivity index (χ2v) is 3.75. The van der Waals surface area contributed by atoms with Gasteiger partial charge in [-0.15, -0.1) is 0 Å². The summed E-state index contributed by atoms with van der Waals surface area (Å²) >= 11 is 0. The van der Waals surface area contributed by atoms with Gasteiger partial charge in [-0.1, -0.05) is 13.0 Å². The number of methoxy groups -OCH3 is 1. The summed E-state index contributed by atoms with van der Waals surface area (Å²) in [6.07, 6.45) is 1.05. The third kappa shape index (κ3) is 3.22. The van der Waals surface area contributed by atoms with Crippen LogP contribution in [-0.4, -0.2) is 18.2 Å². The highest BCUT2D eigenvalue weighted by molar-refractivity contribution is 5.69. The molecule has 0 aliphatic rings. The van der Waals surface area contributed by atoms with Crippen molar-refractivity contribution in [2.75, 3.05) is 7.11 Å². The summed E-state index contributed by atoms with van der Waals surface area (Å²) in [7, 11) is 1.41. The number of aryl methyl sites for hydroxylation is 1. The van der Waals surface area contributed by atoms with E-state index in [0.717, 1.165) is 5.56 Å². The number of ether oxygens (including phenoxy) is 1.